The summed E-state index contributed by atoms with van der Waals surface area (Å²) in [5, 5.41) is 21.5. The molecule has 3 atom stereocenters. The van der Waals surface area contributed by atoms with Crippen LogP contribution >= 0.6 is 0 Å². The summed E-state index contributed by atoms with van der Waals surface area (Å²) in [5.41, 5.74) is 5.75. The summed E-state index contributed by atoms with van der Waals surface area (Å²) in [6.45, 7) is 12.9. The molecular weight excluding hydrogens is 456 g/mol. The molecule has 0 aromatic heterocycles. The summed E-state index contributed by atoms with van der Waals surface area (Å²) in [6.07, 6.45) is 12.4. The first kappa shape index (κ1) is 27.4. The summed E-state index contributed by atoms with van der Waals surface area (Å²) in [7, 11) is 0. The van der Waals surface area contributed by atoms with E-state index in [9.17, 15) is 10.2 Å². The van der Waals surface area contributed by atoms with Crippen LogP contribution in [0.25, 0.3) is 0 Å². The number of hydrogen-bond acceptors (Lipinski definition) is 4. The highest BCUT2D eigenvalue weighted by Gasteiger charge is 2.52. The lowest BCUT2D eigenvalue weighted by atomic mass is 9.89. The van der Waals surface area contributed by atoms with Crippen molar-refractivity contribution < 1.29 is 10.2 Å². The van der Waals surface area contributed by atoms with Gasteiger partial charge in [-0.1, -0.05) is 39.8 Å². The zero-order valence-corrected chi connectivity index (χ0v) is 23.7. The molecule has 2 fully saturated rings. The number of phenols is 2. The van der Waals surface area contributed by atoms with Crippen molar-refractivity contribution in [3.05, 3.63) is 57.6 Å². The van der Waals surface area contributed by atoms with Crippen LogP contribution in [0.1, 0.15) is 99.6 Å². The monoisotopic (exact) mass is 502 g/mol. The van der Waals surface area contributed by atoms with Gasteiger partial charge in [0.25, 0.3) is 0 Å². The van der Waals surface area contributed by atoms with Gasteiger partial charge in [0.05, 0.1) is 11.6 Å². The number of rotatable bonds is 10. The lowest BCUT2D eigenvalue weighted by Crippen LogP contribution is -2.34. The molecule has 37 heavy (non-hydrogen) atoms. The van der Waals surface area contributed by atoms with Crippen LogP contribution < -0.4 is 0 Å². The standard InChI is InChI=1S/C33H46N2O2/c1-21(2)7-9-25-13-23(5)31(36)28(15-25)19-34-30-17-27-11-12-33(30,18-27)35-20-29-16-26(10-8-22(3)4)14-24(6)32(29)37/h13-16,19-22,27,30,36-37H,7-12,17-18H2,1-6H3. The molecule has 0 heterocycles. The van der Waals surface area contributed by atoms with Gasteiger partial charge in [-0.15, -0.1) is 0 Å². The molecule has 3 unspecified atom stereocenters. The number of hydrogen-bond donors (Lipinski definition) is 2. The molecule has 4 rings (SSSR count). The second-order valence-corrected chi connectivity index (χ2v) is 12.6. The summed E-state index contributed by atoms with van der Waals surface area (Å²) in [4.78, 5) is 10.2. The van der Waals surface area contributed by atoms with Crippen LogP contribution in [0.3, 0.4) is 0 Å². The van der Waals surface area contributed by atoms with Gasteiger partial charge in [0.2, 0.25) is 0 Å². The first-order chi connectivity index (χ1) is 17.6. The van der Waals surface area contributed by atoms with Gasteiger partial charge in [-0.3, -0.25) is 9.98 Å². The number of fused-ring (bicyclic) bond motifs is 2. The van der Waals surface area contributed by atoms with Gasteiger partial charge in [-0.25, -0.2) is 0 Å². The van der Waals surface area contributed by atoms with E-state index in [1.165, 1.54) is 17.5 Å². The van der Waals surface area contributed by atoms with Crippen molar-refractivity contribution in [3.63, 3.8) is 0 Å². The van der Waals surface area contributed by atoms with Gasteiger partial charge in [-0.2, -0.15) is 0 Å². The molecule has 200 valence electrons. The van der Waals surface area contributed by atoms with E-state index < -0.39 is 0 Å². The van der Waals surface area contributed by atoms with Gasteiger partial charge in [0.1, 0.15) is 11.5 Å². The third-order valence-corrected chi connectivity index (χ3v) is 8.46. The Morgan fingerprint density at radius 1 is 0.865 bits per heavy atom. The summed E-state index contributed by atoms with van der Waals surface area (Å²) in [6, 6.07) is 8.51. The molecule has 2 aliphatic carbocycles. The maximum absolute atomic E-state index is 10.8. The van der Waals surface area contributed by atoms with E-state index >= 15 is 0 Å². The molecule has 0 aliphatic heterocycles. The van der Waals surface area contributed by atoms with Crippen LogP contribution in [0.5, 0.6) is 11.5 Å². The van der Waals surface area contributed by atoms with Crippen molar-refractivity contribution in [2.75, 3.05) is 0 Å². The van der Waals surface area contributed by atoms with Crippen LogP contribution in [-0.2, 0) is 12.8 Å². The Labute approximate surface area is 224 Å². The second kappa shape index (κ2) is 11.4. The molecule has 2 saturated carbocycles. The third-order valence-electron chi connectivity index (χ3n) is 8.46. The molecule has 2 N–H and O–H groups in total. The van der Waals surface area contributed by atoms with Gasteiger partial charge in [-0.05, 0) is 117 Å². The maximum atomic E-state index is 10.8. The zero-order valence-electron chi connectivity index (χ0n) is 23.7. The van der Waals surface area contributed by atoms with Crippen molar-refractivity contribution in [1.29, 1.82) is 0 Å². The lowest BCUT2D eigenvalue weighted by Gasteiger charge is -2.28. The summed E-state index contributed by atoms with van der Waals surface area (Å²) < 4.78 is 0. The second-order valence-electron chi connectivity index (χ2n) is 12.6. The normalized spacial score (nSPS) is 23.5. The number of phenolic OH excluding ortho intramolecular Hbond substituents is 2. The molecule has 2 bridgehead atoms. The van der Waals surface area contributed by atoms with E-state index in [0.29, 0.717) is 29.3 Å². The average Bonchev–Trinajstić information content (AvgIpc) is 3.42. The highest BCUT2D eigenvalue weighted by molar-refractivity contribution is 5.86. The number of aryl methyl sites for hydroxylation is 4. The van der Waals surface area contributed by atoms with Crippen LogP contribution in [0.4, 0.5) is 0 Å². The van der Waals surface area contributed by atoms with Gasteiger partial charge in [0.15, 0.2) is 0 Å². The predicted molar refractivity (Wildman–Crippen MR) is 156 cm³/mol. The van der Waals surface area contributed by atoms with Crippen LogP contribution in [0.15, 0.2) is 34.3 Å². The van der Waals surface area contributed by atoms with Crippen LogP contribution in [0.2, 0.25) is 0 Å². The van der Waals surface area contributed by atoms with Crippen LogP contribution in [-0.4, -0.2) is 34.2 Å². The topological polar surface area (TPSA) is 65.2 Å². The zero-order chi connectivity index (χ0) is 26.7. The molecule has 0 spiro atoms. The van der Waals surface area contributed by atoms with Gasteiger partial charge in [0, 0.05) is 23.6 Å². The molecular formula is C33H46N2O2. The molecule has 0 amide bonds. The van der Waals surface area contributed by atoms with E-state index in [-0.39, 0.29) is 11.6 Å². The van der Waals surface area contributed by atoms with Crippen molar-refractivity contribution in [2.24, 2.45) is 27.7 Å². The Hall–Kier alpha value is -2.62. The Kier molecular flexibility index (Phi) is 8.46. The van der Waals surface area contributed by atoms with E-state index in [0.717, 1.165) is 67.2 Å². The minimum atomic E-state index is -0.213. The fourth-order valence-corrected chi connectivity index (χ4v) is 6.13. The Morgan fingerprint density at radius 3 is 1.92 bits per heavy atom. The van der Waals surface area contributed by atoms with Gasteiger partial charge < -0.3 is 10.2 Å². The molecule has 0 saturated heterocycles. The molecule has 4 nitrogen and oxygen atoms in total. The minimum absolute atomic E-state index is 0.105. The number of nitrogens with zero attached hydrogens (tertiary/aromatic N) is 2. The Balaban J connectivity index is 1.57. The smallest absolute Gasteiger partial charge is 0.127 e. The Bertz CT molecular complexity index is 1160. The largest absolute Gasteiger partial charge is 0.507 e. The maximum Gasteiger partial charge on any atom is 0.127 e. The molecule has 2 aliphatic rings. The SMILES string of the molecule is Cc1cc(CCC(C)C)cc(C=NC2CC3CCC2(N=Cc2cc(CCC(C)C)cc(C)c2O)C3)c1O. The molecule has 2 aromatic carbocycles. The van der Waals surface area contributed by atoms with E-state index in [1.54, 1.807) is 0 Å². The first-order valence-corrected chi connectivity index (χ1v) is 14.3. The van der Waals surface area contributed by atoms with Crippen LogP contribution in [0, 0.1) is 31.6 Å². The quantitative estimate of drug-likeness (QED) is 0.326. The van der Waals surface area contributed by atoms with Gasteiger partial charge >= 0.3 is 0 Å². The number of aromatic hydroxyl groups is 2. The number of benzene rings is 2. The predicted octanol–water partition coefficient (Wildman–Crippen LogP) is 7.74. The van der Waals surface area contributed by atoms with Crippen molar-refractivity contribution in [1.82, 2.24) is 0 Å². The minimum Gasteiger partial charge on any atom is -0.507 e. The summed E-state index contributed by atoms with van der Waals surface area (Å²) in [5.74, 6) is 2.62. The molecule has 2 aromatic rings. The van der Waals surface area contributed by atoms with E-state index in [1.807, 2.05) is 26.3 Å². The highest BCUT2D eigenvalue weighted by atomic mass is 16.3. The number of aliphatic imine (C=N–C) groups is 2. The molecule has 0 radical (unpaired) electrons. The lowest BCUT2D eigenvalue weighted by molar-refractivity contribution is 0.367. The summed E-state index contributed by atoms with van der Waals surface area (Å²) >= 11 is 0. The third kappa shape index (κ3) is 6.45. The molecule has 4 heteroatoms. The fraction of sp³-hybridized carbons (Fsp3) is 0.576. The van der Waals surface area contributed by atoms with E-state index in [2.05, 4.69) is 52.0 Å². The Morgan fingerprint density at radius 2 is 1.41 bits per heavy atom. The van der Waals surface area contributed by atoms with Crippen molar-refractivity contribution >= 4 is 12.4 Å². The first-order valence-electron chi connectivity index (χ1n) is 14.3. The van der Waals surface area contributed by atoms with Crippen molar-refractivity contribution in [3.8, 4) is 11.5 Å². The highest BCUT2D eigenvalue weighted by Crippen LogP contribution is 2.51. The average molecular weight is 503 g/mol. The van der Waals surface area contributed by atoms with E-state index in [4.69, 9.17) is 9.98 Å². The fourth-order valence-electron chi connectivity index (χ4n) is 6.13. The van der Waals surface area contributed by atoms with Crippen molar-refractivity contribution in [2.45, 2.75) is 104 Å².